The van der Waals surface area contributed by atoms with Gasteiger partial charge in [0.15, 0.2) is 11.6 Å². The summed E-state index contributed by atoms with van der Waals surface area (Å²) in [7, 11) is -4.01. The predicted molar refractivity (Wildman–Crippen MR) is 86.9 cm³/mol. The molecular formula is C15H9ClF5NO5S. The summed E-state index contributed by atoms with van der Waals surface area (Å²) < 4.78 is 96.8. The standard InChI is InChI=1S/C15H9ClF5NO5S/c1-28(24,25)22-14(23)8-5-11(18)13(6-10(8)17)26-7-2-3-12(9(16)4-7)27-15(19,20)21/h2-6H,1H3,(H,22,23). The van der Waals surface area contributed by atoms with Gasteiger partial charge in [0.1, 0.15) is 17.3 Å². The minimum atomic E-state index is -4.98. The molecule has 0 aliphatic carbocycles. The van der Waals surface area contributed by atoms with Crippen LogP contribution in [0.15, 0.2) is 30.3 Å². The molecule has 13 heteroatoms. The van der Waals surface area contributed by atoms with Crippen molar-refractivity contribution in [3.63, 3.8) is 0 Å². The lowest BCUT2D eigenvalue weighted by Crippen LogP contribution is -2.30. The fourth-order valence-corrected chi connectivity index (χ4v) is 2.54. The van der Waals surface area contributed by atoms with Crippen molar-refractivity contribution < 1.29 is 44.6 Å². The average molecular weight is 446 g/mol. The fourth-order valence-electron chi connectivity index (χ4n) is 1.88. The first kappa shape index (κ1) is 21.7. The first-order valence-electron chi connectivity index (χ1n) is 6.99. The largest absolute Gasteiger partial charge is 0.573 e. The molecule has 0 aromatic heterocycles. The molecule has 0 spiro atoms. The van der Waals surface area contributed by atoms with Gasteiger partial charge in [0, 0.05) is 12.1 Å². The Hall–Kier alpha value is -2.60. The summed E-state index contributed by atoms with van der Waals surface area (Å²) in [5.74, 6) is -5.67. The molecular weight excluding hydrogens is 437 g/mol. The summed E-state index contributed by atoms with van der Waals surface area (Å²) in [6, 6.07) is 3.47. The lowest BCUT2D eigenvalue weighted by atomic mass is 10.2. The number of carbonyl (C=O) groups is 1. The van der Waals surface area contributed by atoms with Crippen molar-refractivity contribution in [1.82, 2.24) is 4.72 Å². The van der Waals surface area contributed by atoms with E-state index in [1.165, 1.54) is 4.72 Å². The van der Waals surface area contributed by atoms with Gasteiger partial charge in [-0.1, -0.05) is 11.6 Å². The lowest BCUT2D eigenvalue weighted by molar-refractivity contribution is -0.274. The Kier molecular flexibility index (Phi) is 6.04. The molecule has 2 aromatic rings. The van der Waals surface area contributed by atoms with Gasteiger partial charge in [0.05, 0.1) is 16.8 Å². The second kappa shape index (κ2) is 7.80. The summed E-state index contributed by atoms with van der Waals surface area (Å²) in [6.07, 6.45) is -4.34. The highest BCUT2D eigenvalue weighted by atomic mass is 35.5. The maximum atomic E-state index is 14.1. The quantitative estimate of drug-likeness (QED) is 0.704. The number of hydrogen-bond donors (Lipinski definition) is 1. The third kappa shape index (κ3) is 5.96. The van der Waals surface area contributed by atoms with Crippen LogP contribution in [0.1, 0.15) is 10.4 Å². The maximum absolute atomic E-state index is 14.1. The van der Waals surface area contributed by atoms with E-state index in [4.69, 9.17) is 16.3 Å². The summed E-state index contributed by atoms with van der Waals surface area (Å²) in [6.45, 7) is 0. The highest BCUT2D eigenvalue weighted by Crippen LogP contribution is 2.35. The van der Waals surface area contributed by atoms with Crippen LogP contribution in [0.2, 0.25) is 5.02 Å². The van der Waals surface area contributed by atoms with E-state index < -0.39 is 56.0 Å². The van der Waals surface area contributed by atoms with Crippen molar-refractivity contribution in [2.45, 2.75) is 6.36 Å². The average Bonchev–Trinajstić information content (AvgIpc) is 2.50. The summed E-state index contributed by atoms with van der Waals surface area (Å²) >= 11 is 5.62. The zero-order valence-corrected chi connectivity index (χ0v) is 15.2. The third-order valence-corrected chi connectivity index (χ3v) is 3.75. The Labute approximate surface area is 159 Å². The Balaban J connectivity index is 2.27. The van der Waals surface area contributed by atoms with Gasteiger partial charge in [-0.3, -0.25) is 4.79 Å². The molecule has 2 aromatic carbocycles. The topological polar surface area (TPSA) is 81.7 Å². The van der Waals surface area contributed by atoms with Gasteiger partial charge in [-0.05, 0) is 18.2 Å². The molecule has 28 heavy (non-hydrogen) atoms. The van der Waals surface area contributed by atoms with Gasteiger partial charge in [-0.25, -0.2) is 21.9 Å². The molecule has 0 fully saturated rings. The van der Waals surface area contributed by atoms with Gasteiger partial charge in [-0.15, -0.1) is 13.2 Å². The number of nitrogens with one attached hydrogen (secondary N) is 1. The second-order valence-corrected chi connectivity index (χ2v) is 7.36. The zero-order chi connectivity index (χ0) is 21.3. The molecule has 0 aliphatic rings. The number of alkyl halides is 3. The number of halogens is 6. The van der Waals surface area contributed by atoms with E-state index in [0.29, 0.717) is 18.4 Å². The number of rotatable bonds is 5. The Morgan fingerprint density at radius 1 is 1.07 bits per heavy atom. The van der Waals surface area contributed by atoms with Crippen LogP contribution in [0.3, 0.4) is 0 Å². The second-order valence-electron chi connectivity index (χ2n) is 5.21. The Bertz CT molecular complexity index is 1030. The smallest absolute Gasteiger partial charge is 0.454 e. The van der Waals surface area contributed by atoms with E-state index in [1.807, 2.05) is 0 Å². The first-order valence-corrected chi connectivity index (χ1v) is 9.26. The molecule has 1 N–H and O–H groups in total. The Morgan fingerprint density at radius 2 is 1.71 bits per heavy atom. The molecule has 6 nitrogen and oxygen atoms in total. The molecule has 0 atom stereocenters. The SMILES string of the molecule is CS(=O)(=O)NC(=O)c1cc(F)c(Oc2ccc(OC(F)(F)F)c(Cl)c2)cc1F. The van der Waals surface area contributed by atoms with E-state index in [2.05, 4.69) is 4.74 Å². The molecule has 0 bridgehead atoms. The summed E-state index contributed by atoms with van der Waals surface area (Å²) in [4.78, 5) is 11.6. The van der Waals surface area contributed by atoms with Crippen LogP contribution in [-0.2, 0) is 10.0 Å². The molecule has 1 amide bonds. The van der Waals surface area contributed by atoms with Crippen molar-refractivity contribution in [3.05, 3.63) is 52.6 Å². The number of benzene rings is 2. The van der Waals surface area contributed by atoms with Crippen LogP contribution in [0.5, 0.6) is 17.2 Å². The Morgan fingerprint density at radius 3 is 2.25 bits per heavy atom. The van der Waals surface area contributed by atoms with Crippen molar-refractivity contribution in [2.75, 3.05) is 6.26 Å². The van der Waals surface area contributed by atoms with Crippen LogP contribution in [0, 0.1) is 11.6 Å². The van der Waals surface area contributed by atoms with Gasteiger partial charge in [-0.2, -0.15) is 0 Å². The number of carbonyl (C=O) groups excluding carboxylic acids is 1. The molecule has 152 valence electrons. The number of ether oxygens (including phenoxy) is 2. The van der Waals surface area contributed by atoms with Crippen LogP contribution >= 0.6 is 11.6 Å². The maximum Gasteiger partial charge on any atom is 0.573 e. The fraction of sp³-hybridized carbons (Fsp3) is 0.133. The van der Waals surface area contributed by atoms with E-state index >= 15 is 0 Å². The summed E-state index contributed by atoms with van der Waals surface area (Å²) in [5.41, 5.74) is -0.901. The van der Waals surface area contributed by atoms with Crippen molar-refractivity contribution in [3.8, 4) is 17.2 Å². The monoisotopic (exact) mass is 445 g/mol. The van der Waals surface area contributed by atoms with Crippen molar-refractivity contribution >= 4 is 27.5 Å². The highest BCUT2D eigenvalue weighted by Gasteiger charge is 2.32. The summed E-state index contributed by atoms with van der Waals surface area (Å²) in [5, 5.41) is -0.514. The van der Waals surface area contributed by atoms with Gasteiger partial charge >= 0.3 is 6.36 Å². The number of sulfonamides is 1. The van der Waals surface area contributed by atoms with Gasteiger partial charge in [0.2, 0.25) is 10.0 Å². The first-order chi connectivity index (χ1) is 12.7. The molecule has 0 radical (unpaired) electrons. The number of hydrogen-bond acceptors (Lipinski definition) is 5. The van der Waals surface area contributed by atoms with E-state index in [1.54, 1.807) is 0 Å². The molecule has 0 saturated heterocycles. The van der Waals surface area contributed by atoms with Crippen molar-refractivity contribution in [1.29, 1.82) is 0 Å². The van der Waals surface area contributed by atoms with Crippen LogP contribution in [0.25, 0.3) is 0 Å². The number of amides is 1. The van der Waals surface area contributed by atoms with Gasteiger partial charge in [0.25, 0.3) is 5.91 Å². The van der Waals surface area contributed by atoms with Gasteiger partial charge < -0.3 is 9.47 Å². The zero-order valence-electron chi connectivity index (χ0n) is 13.6. The van der Waals surface area contributed by atoms with E-state index in [-0.39, 0.29) is 5.75 Å². The van der Waals surface area contributed by atoms with Crippen LogP contribution in [-0.4, -0.2) is 26.9 Å². The van der Waals surface area contributed by atoms with Crippen LogP contribution < -0.4 is 14.2 Å². The highest BCUT2D eigenvalue weighted by molar-refractivity contribution is 7.89. The molecule has 0 heterocycles. The minimum absolute atomic E-state index is 0.258. The van der Waals surface area contributed by atoms with Crippen LogP contribution in [0.4, 0.5) is 22.0 Å². The molecule has 0 aliphatic heterocycles. The normalized spacial score (nSPS) is 11.8. The lowest BCUT2D eigenvalue weighted by Gasteiger charge is -2.13. The minimum Gasteiger partial charge on any atom is -0.454 e. The van der Waals surface area contributed by atoms with E-state index in [0.717, 1.165) is 18.2 Å². The third-order valence-electron chi connectivity index (χ3n) is 2.90. The predicted octanol–water partition coefficient (Wildman–Crippen LogP) is 4.00. The molecule has 2 rings (SSSR count). The van der Waals surface area contributed by atoms with Crippen molar-refractivity contribution in [2.24, 2.45) is 0 Å². The van der Waals surface area contributed by atoms with E-state index in [9.17, 15) is 35.2 Å². The molecule has 0 unspecified atom stereocenters. The molecule has 0 saturated carbocycles.